The summed E-state index contributed by atoms with van der Waals surface area (Å²) in [6, 6.07) is 0.687. The third-order valence-electron chi connectivity index (χ3n) is 3.04. The summed E-state index contributed by atoms with van der Waals surface area (Å²) in [5.41, 5.74) is 0. The van der Waals surface area contributed by atoms with Crippen LogP contribution in [-0.4, -0.2) is 41.3 Å². The Morgan fingerprint density at radius 2 is 2.23 bits per heavy atom. The van der Waals surface area contributed by atoms with Crippen LogP contribution in [0.5, 0.6) is 0 Å². The van der Waals surface area contributed by atoms with Crippen molar-refractivity contribution in [1.29, 1.82) is 0 Å². The Morgan fingerprint density at radius 1 is 1.46 bits per heavy atom. The molecular formula is C9H16N2O2. The van der Waals surface area contributed by atoms with Gasteiger partial charge in [-0.05, 0) is 12.8 Å². The normalized spacial score (nSPS) is 33.0. The van der Waals surface area contributed by atoms with Gasteiger partial charge in [-0.1, -0.05) is 12.8 Å². The maximum Gasteiger partial charge on any atom is 0.318 e. The van der Waals surface area contributed by atoms with Crippen LogP contribution >= 0.6 is 0 Å². The average Bonchev–Trinajstić information content (AvgIpc) is 2.44. The molecule has 4 nitrogen and oxygen atoms in total. The van der Waals surface area contributed by atoms with Gasteiger partial charge in [-0.3, -0.25) is 0 Å². The number of nitrogens with zero attached hydrogens (tertiary/aromatic N) is 1. The van der Waals surface area contributed by atoms with E-state index in [-0.39, 0.29) is 12.6 Å². The summed E-state index contributed by atoms with van der Waals surface area (Å²) in [6.45, 7) is 0.545. The number of hydrogen-bond acceptors (Lipinski definition) is 2. The lowest BCUT2D eigenvalue weighted by Gasteiger charge is -2.29. The minimum Gasteiger partial charge on any atom is -0.395 e. The van der Waals surface area contributed by atoms with Gasteiger partial charge in [0.25, 0.3) is 0 Å². The zero-order valence-corrected chi connectivity index (χ0v) is 7.70. The first-order valence-corrected chi connectivity index (χ1v) is 5.01. The van der Waals surface area contributed by atoms with Crippen molar-refractivity contribution in [2.75, 3.05) is 13.2 Å². The molecule has 0 aromatic carbocycles. The molecule has 2 rings (SSSR count). The van der Waals surface area contributed by atoms with Crippen LogP contribution in [-0.2, 0) is 0 Å². The summed E-state index contributed by atoms with van der Waals surface area (Å²) < 4.78 is 0. The van der Waals surface area contributed by atoms with E-state index >= 15 is 0 Å². The van der Waals surface area contributed by atoms with Gasteiger partial charge >= 0.3 is 6.03 Å². The molecule has 0 aromatic rings. The van der Waals surface area contributed by atoms with E-state index in [1.54, 1.807) is 4.90 Å². The largest absolute Gasteiger partial charge is 0.395 e. The Balaban J connectivity index is 2.04. The number of aliphatic hydroxyl groups is 1. The molecule has 1 saturated heterocycles. The lowest BCUT2D eigenvalue weighted by Crippen LogP contribution is -2.40. The highest BCUT2D eigenvalue weighted by Gasteiger charge is 2.39. The molecule has 4 heteroatoms. The van der Waals surface area contributed by atoms with Crippen LogP contribution < -0.4 is 5.32 Å². The highest BCUT2D eigenvalue weighted by atomic mass is 16.3. The van der Waals surface area contributed by atoms with Crippen LogP contribution in [0.25, 0.3) is 0 Å². The Bertz CT molecular complexity index is 208. The molecule has 2 aliphatic rings. The molecule has 1 aliphatic carbocycles. The van der Waals surface area contributed by atoms with Crippen molar-refractivity contribution < 1.29 is 9.90 Å². The predicted molar refractivity (Wildman–Crippen MR) is 48.4 cm³/mol. The molecule has 0 radical (unpaired) electrons. The topological polar surface area (TPSA) is 52.6 Å². The van der Waals surface area contributed by atoms with Crippen molar-refractivity contribution in [3.8, 4) is 0 Å². The first-order valence-electron chi connectivity index (χ1n) is 5.01. The van der Waals surface area contributed by atoms with Crippen molar-refractivity contribution >= 4 is 6.03 Å². The Hall–Kier alpha value is -0.770. The minimum atomic E-state index is 0.00551. The second-order valence-electron chi connectivity index (χ2n) is 3.82. The predicted octanol–water partition coefficient (Wildman–Crippen LogP) is 0.315. The third kappa shape index (κ3) is 1.50. The molecular weight excluding hydrogens is 168 g/mol. The van der Waals surface area contributed by atoms with E-state index < -0.39 is 0 Å². The van der Waals surface area contributed by atoms with Crippen LogP contribution in [0.1, 0.15) is 25.7 Å². The van der Waals surface area contributed by atoms with Gasteiger partial charge in [0.05, 0.1) is 18.7 Å². The van der Waals surface area contributed by atoms with Crippen molar-refractivity contribution in [3.63, 3.8) is 0 Å². The first kappa shape index (κ1) is 8.81. The number of amides is 2. The Kier molecular flexibility index (Phi) is 2.40. The zero-order chi connectivity index (χ0) is 9.26. The van der Waals surface area contributed by atoms with Crippen LogP contribution in [0.4, 0.5) is 4.79 Å². The molecule has 13 heavy (non-hydrogen) atoms. The van der Waals surface area contributed by atoms with Gasteiger partial charge in [-0.15, -0.1) is 0 Å². The van der Waals surface area contributed by atoms with Crippen molar-refractivity contribution in [3.05, 3.63) is 0 Å². The standard InChI is InChI=1S/C9H16N2O2/c12-6-5-11-8-4-2-1-3-7(8)10-9(11)13/h7-8,12H,1-6H2,(H,10,13). The number of aliphatic hydroxyl groups excluding tert-OH is 1. The summed E-state index contributed by atoms with van der Waals surface area (Å²) in [6.07, 6.45) is 4.61. The summed E-state index contributed by atoms with van der Waals surface area (Å²) in [4.78, 5) is 13.2. The second kappa shape index (κ2) is 3.54. The average molecular weight is 184 g/mol. The number of urea groups is 1. The van der Waals surface area contributed by atoms with Gasteiger partial charge in [-0.2, -0.15) is 0 Å². The van der Waals surface area contributed by atoms with Gasteiger partial charge < -0.3 is 15.3 Å². The molecule has 1 heterocycles. The summed E-state index contributed by atoms with van der Waals surface area (Å²) in [5, 5.41) is 11.8. The van der Waals surface area contributed by atoms with Crippen molar-refractivity contribution in [2.24, 2.45) is 0 Å². The number of fused-ring (bicyclic) bond motifs is 1. The van der Waals surface area contributed by atoms with Gasteiger partial charge in [0.2, 0.25) is 0 Å². The molecule has 1 saturated carbocycles. The van der Waals surface area contributed by atoms with E-state index in [0.717, 1.165) is 12.8 Å². The number of hydrogen-bond donors (Lipinski definition) is 2. The maximum atomic E-state index is 11.4. The fourth-order valence-electron chi connectivity index (χ4n) is 2.42. The lowest BCUT2D eigenvalue weighted by atomic mass is 9.91. The molecule has 74 valence electrons. The van der Waals surface area contributed by atoms with E-state index in [1.807, 2.05) is 0 Å². The number of β-amino-alcohol motifs (C(OH)–C–C–N with tert-alkyl or cyclic N) is 1. The molecule has 2 atom stereocenters. The number of nitrogens with one attached hydrogen (secondary N) is 1. The van der Waals surface area contributed by atoms with Crippen molar-refractivity contribution in [2.45, 2.75) is 37.8 Å². The molecule has 0 spiro atoms. The van der Waals surface area contributed by atoms with Crippen LogP contribution in [0.3, 0.4) is 0 Å². The summed E-state index contributed by atoms with van der Waals surface area (Å²) >= 11 is 0. The van der Waals surface area contributed by atoms with Crippen LogP contribution in [0.2, 0.25) is 0 Å². The highest BCUT2D eigenvalue weighted by molar-refractivity contribution is 5.77. The fraction of sp³-hybridized carbons (Fsp3) is 0.889. The van der Waals surface area contributed by atoms with Gasteiger partial charge in [-0.25, -0.2) is 4.79 Å². The molecule has 0 aromatic heterocycles. The van der Waals surface area contributed by atoms with E-state index in [0.29, 0.717) is 18.6 Å². The zero-order valence-electron chi connectivity index (χ0n) is 7.70. The first-order chi connectivity index (χ1) is 6.33. The fourth-order valence-corrected chi connectivity index (χ4v) is 2.42. The third-order valence-corrected chi connectivity index (χ3v) is 3.04. The van der Waals surface area contributed by atoms with E-state index in [4.69, 9.17) is 5.11 Å². The minimum absolute atomic E-state index is 0.00551. The summed E-state index contributed by atoms with van der Waals surface area (Å²) in [5.74, 6) is 0. The smallest absolute Gasteiger partial charge is 0.318 e. The van der Waals surface area contributed by atoms with Crippen LogP contribution in [0.15, 0.2) is 0 Å². The Morgan fingerprint density at radius 3 is 3.00 bits per heavy atom. The molecule has 2 amide bonds. The lowest BCUT2D eigenvalue weighted by molar-refractivity contribution is 0.164. The SMILES string of the molecule is O=C1NC2CCCCC2N1CCO. The summed E-state index contributed by atoms with van der Waals surface area (Å²) in [7, 11) is 0. The van der Waals surface area contributed by atoms with Gasteiger partial charge in [0.1, 0.15) is 0 Å². The monoisotopic (exact) mass is 184 g/mol. The van der Waals surface area contributed by atoms with Crippen molar-refractivity contribution in [1.82, 2.24) is 10.2 Å². The quantitative estimate of drug-likeness (QED) is 0.649. The number of rotatable bonds is 2. The van der Waals surface area contributed by atoms with Gasteiger partial charge in [0.15, 0.2) is 0 Å². The number of carbonyl (C=O) groups is 1. The Labute approximate surface area is 77.9 Å². The molecule has 2 unspecified atom stereocenters. The number of carbonyl (C=O) groups excluding carboxylic acids is 1. The van der Waals surface area contributed by atoms with E-state index in [9.17, 15) is 4.79 Å². The van der Waals surface area contributed by atoms with E-state index in [1.165, 1.54) is 12.8 Å². The van der Waals surface area contributed by atoms with Gasteiger partial charge in [0, 0.05) is 6.54 Å². The van der Waals surface area contributed by atoms with E-state index in [2.05, 4.69) is 5.32 Å². The second-order valence-corrected chi connectivity index (χ2v) is 3.82. The van der Waals surface area contributed by atoms with Crippen LogP contribution in [0, 0.1) is 0 Å². The molecule has 2 fully saturated rings. The maximum absolute atomic E-state index is 11.4. The molecule has 1 aliphatic heterocycles. The molecule has 2 N–H and O–H groups in total. The highest BCUT2D eigenvalue weighted by Crippen LogP contribution is 2.27. The molecule has 0 bridgehead atoms.